The van der Waals surface area contributed by atoms with Gasteiger partial charge in [-0.3, -0.25) is 4.90 Å². The number of benzene rings is 1. The van der Waals surface area contributed by atoms with Gasteiger partial charge in [-0.05, 0) is 38.0 Å². The van der Waals surface area contributed by atoms with E-state index in [0.29, 0.717) is 31.9 Å². The first-order valence-electron chi connectivity index (χ1n) is 7.04. The summed E-state index contributed by atoms with van der Waals surface area (Å²) in [6.07, 6.45) is -3.62. The minimum Gasteiger partial charge on any atom is -0.494 e. The van der Waals surface area contributed by atoms with Crippen molar-refractivity contribution in [1.29, 1.82) is 0 Å². The van der Waals surface area contributed by atoms with Crippen LogP contribution < -0.4 is 10.5 Å². The fourth-order valence-corrected chi connectivity index (χ4v) is 1.97. The lowest BCUT2D eigenvalue weighted by molar-refractivity contribution is -0.149. The Bertz CT molecular complexity index is 422. The molecule has 0 atom stereocenters. The Balaban J connectivity index is 2.37. The second-order valence-corrected chi connectivity index (χ2v) is 5.23. The Kier molecular flexibility index (Phi) is 6.98. The third kappa shape index (κ3) is 7.34. The van der Waals surface area contributed by atoms with Crippen molar-refractivity contribution in [2.75, 3.05) is 19.7 Å². The molecule has 21 heavy (non-hydrogen) atoms. The average Bonchev–Trinajstić information content (AvgIpc) is 2.41. The van der Waals surface area contributed by atoms with Gasteiger partial charge in [0.05, 0.1) is 13.2 Å². The highest BCUT2D eigenvalue weighted by Crippen LogP contribution is 2.18. The lowest BCUT2D eigenvalue weighted by atomic mass is 10.2. The smallest absolute Gasteiger partial charge is 0.401 e. The highest BCUT2D eigenvalue weighted by Gasteiger charge is 2.31. The Morgan fingerprint density at radius 3 is 2.57 bits per heavy atom. The van der Waals surface area contributed by atoms with E-state index in [9.17, 15) is 13.2 Å². The van der Waals surface area contributed by atoms with E-state index < -0.39 is 12.7 Å². The molecule has 0 bridgehead atoms. The van der Waals surface area contributed by atoms with Gasteiger partial charge in [-0.25, -0.2) is 0 Å². The quantitative estimate of drug-likeness (QED) is 0.750. The molecular formula is C15H23F3N2O. The summed E-state index contributed by atoms with van der Waals surface area (Å²) < 4.78 is 42.9. The molecule has 0 aliphatic heterocycles. The summed E-state index contributed by atoms with van der Waals surface area (Å²) in [6.45, 7) is 3.81. The molecule has 0 amide bonds. The normalized spacial score (nSPS) is 12.2. The summed E-state index contributed by atoms with van der Waals surface area (Å²) in [7, 11) is 0. The fraction of sp³-hybridized carbons (Fsp3) is 0.600. The number of nitrogens with two attached hydrogens (primary N) is 1. The zero-order valence-corrected chi connectivity index (χ0v) is 12.5. The molecule has 3 nitrogen and oxygen atoms in total. The Labute approximate surface area is 123 Å². The summed E-state index contributed by atoms with van der Waals surface area (Å²) in [5.74, 6) is 0.699. The molecule has 0 aliphatic carbocycles. The van der Waals surface area contributed by atoms with Crippen molar-refractivity contribution in [3.63, 3.8) is 0 Å². The van der Waals surface area contributed by atoms with Gasteiger partial charge in [-0.1, -0.05) is 12.1 Å². The molecular weight excluding hydrogens is 281 g/mol. The van der Waals surface area contributed by atoms with Gasteiger partial charge in [0, 0.05) is 19.1 Å². The van der Waals surface area contributed by atoms with Crippen molar-refractivity contribution in [3.8, 4) is 5.75 Å². The molecule has 0 spiro atoms. The maximum atomic E-state index is 12.4. The van der Waals surface area contributed by atoms with Crippen molar-refractivity contribution in [2.24, 2.45) is 5.73 Å². The average molecular weight is 304 g/mol. The van der Waals surface area contributed by atoms with Gasteiger partial charge in [-0.15, -0.1) is 0 Å². The summed E-state index contributed by atoms with van der Waals surface area (Å²) >= 11 is 0. The zero-order valence-electron chi connectivity index (χ0n) is 12.5. The highest BCUT2D eigenvalue weighted by molar-refractivity contribution is 5.28. The summed E-state index contributed by atoms with van der Waals surface area (Å²) in [4.78, 5) is 1.40. The third-order valence-electron chi connectivity index (χ3n) is 3.11. The van der Waals surface area contributed by atoms with E-state index in [1.807, 2.05) is 24.3 Å². The first kappa shape index (κ1) is 17.8. The minimum atomic E-state index is -4.17. The molecule has 0 aliphatic rings. The number of hydrogen-bond acceptors (Lipinski definition) is 3. The van der Waals surface area contributed by atoms with Crippen LogP contribution in [0.3, 0.4) is 0 Å². The number of rotatable bonds is 8. The van der Waals surface area contributed by atoms with E-state index in [1.165, 1.54) is 4.90 Å². The van der Waals surface area contributed by atoms with Crippen molar-refractivity contribution in [3.05, 3.63) is 29.8 Å². The van der Waals surface area contributed by atoms with Crippen LogP contribution in [0, 0.1) is 0 Å². The lowest BCUT2D eigenvalue weighted by Crippen LogP contribution is -2.40. The summed E-state index contributed by atoms with van der Waals surface area (Å²) in [5.41, 5.74) is 6.50. The number of nitrogens with zero attached hydrogens (tertiary/aromatic N) is 1. The van der Waals surface area contributed by atoms with Gasteiger partial charge in [0.2, 0.25) is 0 Å². The standard InChI is InChI=1S/C15H23F3N2O/c1-12(2)20(11-15(16,17)18)7-4-8-21-14-6-3-5-13(9-14)10-19/h3,5-6,9,12H,4,7-8,10-11,19H2,1-2H3. The van der Waals surface area contributed by atoms with Crippen molar-refractivity contribution in [2.45, 2.75) is 39.0 Å². The van der Waals surface area contributed by atoms with Crippen LogP contribution in [0.15, 0.2) is 24.3 Å². The fourth-order valence-electron chi connectivity index (χ4n) is 1.97. The third-order valence-corrected chi connectivity index (χ3v) is 3.11. The van der Waals surface area contributed by atoms with Crippen molar-refractivity contribution < 1.29 is 17.9 Å². The molecule has 1 rings (SSSR count). The summed E-state index contributed by atoms with van der Waals surface area (Å²) in [6, 6.07) is 7.26. The molecule has 1 aromatic carbocycles. The molecule has 0 saturated carbocycles. The molecule has 1 aromatic rings. The minimum absolute atomic E-state index is 0.146. The number of hydrogen-bond donors (Lipinski definition) is 1. The lowest BCUT2D eigenvalue weighted by Gasteiger charge is -2.27. The zero-order chi connectivity index (χ0) is 15.9. The first-order chi connectivity index (χ1) is 9.81. The van der Waals surface area contributed by atoms with Gasteiger partial charge in [0.25, 0.3) is 0 Å². The first-order valence-corrected chi connectivity index (χ1v) is 7.04. The predicted molar refractivity (Wildman–Crippen MR) is 77.2 cm³/mol. The van der Waals surface area contributed by atoms with Crippen LogP contribution in [0.2, 0.25) is 0 Å². The largest absolute Gasteiger partial charge is 0.494 e. The molecule has 6 heteroatoms. The molecule has 2 N–H and O–H groups in total. The second kappa shape index (κ2) is 8.24. The molecule has 0 saturated heterocycles. The Morgan fingerprint density at radius 2 is 2.00 bits per heavy atom. The molecule has 0 heterocycles. The molecule has 120 valence electrons. The second-order valence-electron chi connectivity index (χ2n) is 5.23. The van der Waals surface area contributed by atoms with Gasteiger partial charge in [-0.2, -0.15) is 13.2 Å². The van der Waals surface area contributed by atoms with Crippen LogP contribution in [-0.4, -0.2) is 36.8 Å². The van der Waals surface area contributed by atoms with Crippen LogP contribution in [0.1, 0.15) is 25.8 Å². The Hall–Kier alpha value is -1.27. The molecule has 0 fully saturated rings. The van der Waals surface area contributed by atoms with Crippen LogP contribution in [0.4, 0.5) is 13.2 Å². The maximum absolute atomic E-state index is 12.4. The van der Waals surface area contributed by atoms with Gasteiger partial charge in [0.1, 0.15) is 5.75 Å². The molecule has 0 radical (unpaired) electrons. The monoisotopic (exact) mass is 304 g/mol. The highest BCUT2D eigenvalue weighted by atomic mass is 19.4. The van der Waals surface area contributed by atoms with Gasteiger partial charge in [0.15, 0.2) is 0 Å². The van der Waals surface area contributed by atoms with E-state index in [1.54, 1.807) is 13.8 Å². The van der Waals surface area contributed by atoms with Crippen LogP contribution in [-0.2, 0) is 6.54 Å². The van der Waals surface area contributed by atoms with E-state index in [4.69, 9.17) is 10.5 Å². The van der Waals surface area contributed by atoms with E-state index >= 15 is 0 Å². The van der Waals surface area contributed by atoms with Crippen LogP contribution in [0.25, 0.3) is 0 Å². The van der Waals surface area contributed by atoms with E-state index in [-0.39, 0.29) is 6.04 Å². The Morgan fingerprint density at radius 1 is 1.29 bits per heavy atom. The maximum Gasteiger partial charge on any atom is 0.401 e. The number of ether oxygens (including phenoxy) is 1. The van der Waals surface area contributed by atoms with Gasteiger partial charge >= 0.3 is 6.18 Å². The summed E-state index contributed by atoms with van der Waals surface area (Å²) in [5, 5.41) is 0. The SMILES string of the molecule is CC(C)N(CCCOc1cccc(CN)c1)CC(F)(F)F. The molecule has 0 aromatic heterocycles. The van der Waals surface area contributed by atoms with Gasteiger partial charge < -0.3 is 10.5 Å². The van der Waals surface area contributed by atoms with Crippen molar-refractivity contribution >= 4 is 0 Å². The molecule has 0 unspecified atom stereocenters. The predicted octanol–water partition coefficient (Wildman–Crippen LogP) is 3.19. The van der Waals surface area contributed by atoms with Crippen molar-refractivity contribution in [1.82, 2.24) is 4.90 Å². The topological polar surface area (TPSA) is 38.5 Å². The number of halogens is 3. The van der Waals surface area contributed by atoms with E-state index in [2.05, 4.69) is 0 Å². The van der Waals surface area contributed by atoms with E-state index in [0.717, 1.165) is 5.56 Å². The van der Waals surface area contributed by atoms with Crippen LogP contribution in [0.5, 0.6) is 5.75 Å². The van der Waals surface area contributed by atoms with Crippen LogP contribution >= 0.6 is 0 Å². The number of alkyl halides is 3.